The number of carbonyl (C=O) groups is 1. The molecule has 0 fully saturated rings. The normalized spacial score (nSPS) is 11.2. The first kappa shape index (κ1) is 28.2. The standard InChI is InChI=1S/C26H28Cl2N2O4S2/c1-19-8-11-22(12-9-19)36(32,33)30(21-10-13-25(34-2)24(28)16-21)17-26(31)29-14-5-15-35-18-20-6-3-4-7-23(20)27/h3-4,6-13,16H,5,14-15,17-18H2,1-2H3,(H,29,31). The lowest BCUT2D eigenvalue weighted by molar-refractivity contribution is -0.119. The monoisotopic (exact) mass is 566 g/mol. The van der Waals surface area contributed by atoms with E-state index in [4.69, 9.17) is 27.9 Å². The molecular weight excluding hydrogens is 539 g/mol. The third-order valence-corrected chi connectivity index (χ3v) is 8.87. The molecule has 0 aliphatic rings. The summed E-state index contributed by atoms with van der Waals surface area (Å²) < 4.78 is 33.2. The second kappa shape index (κ2) is 13.2. The van der Waals surface area contributed by atoms with Gasteiger partial charge in [-0.15, -0.1) is 0 Å². The smallest absolute Gasteiger partial charge is 0.264 e. The molecule has 0 unspecified atom stereocenters. The Hall–Kier alpha value is -2.39. The molecule has 0 atom stereocenters. The van der Waals surface area contributed by atoms with Crippen LogP contribution in [0.25, 0.3) is 0 Å². The number of methoxy groups -OCH3 is 1. The van der Waals surface area contributed by atoms with Crippen LogP contribution in [-0.2, 0) is 20.6 Å². The Morgan fingerprint density at radius 1 is 1.03 bits per heavy atom. The van der Waals surface area contributed by atoms with E-state index in [1.54, 1.807) is 36.0 Å². The van der Waals surface area contributed by atoms with E-state index in [9.17, 15) is 13.2 Å². The first-order chi connectivity index (χ1) is 17.2. The summed E-state index contributed by atoms with van der Waals surface area (Å²) in [4.78, 5) is 12.9. The lowest BCUT2D eigenvalue weighted by atomic mass is 10.2. The van der Waals surface area contributed by atoms with Crippen LogP contribution in [0.5, 0.6) is 5.75 Å². The van der Waals surface area contributed by atoms with Crippen LogP contribution in [-0.4, -0.2) is 40.3 Å². The lowest BCUT2D eigenvalue weighted by Gasteiger charge is -2.24. The largest absolute Gasteiger partial charge is 0.495 e. The molecule has 0 aromatic heterocycles. The minimum absolute atomic E-state index is 0.0869. The van der Waals surface area contributed by atoms with E-state index in [-0.39, 0.29) is 22.2 Å². The summed E-state index contributed by atoms with van der Waals surface area (Å²) >= 11 is 14.2. The number of ether oxygens (including phenoxy) is 1. The summed E-state index contributed by atoms with van der Waals surface area (Å²) in [7, 11) is -2.55. The minimum atomic E-state index is -4.02. The minimum Gasteiger partial charge on any atom is -0.495 e. The molecule has 0 radical (unpaired) electrons. The van der Waals surface area contributed by atoms with Crippen LogP contribution in [0.1, 0.15) is 17.5 Å². The zero-order valence-corrected chi connectivity index (χ0v) is 23.2. The summed E-state index contributed by atoms with van der Waals surface area (Å²) in [6.07, 6.45) is 0.736. The predicted octanol–water partition coefficient (Wildman–Crippen LogP) is 5.95. The Bertz CT molecular complexity index is 1290. The van der Waals surface area contributed by atoms with Gasteiger partial charge in [-0.1, -0.05) is 59.1 Å². The fraction of sp³-hybridized carbons (Fsp3) is 0.269. The lowest BCUT2D eigenvalue weighted by Crippen LogP contribution is -2.41. The van der Waals surface area contributed by atoms with Crippen LogP contribution in [0.4, 0.5) is 5.69 Å². The van der Waals surface area contributed by atoms with Crippen LogP contribution in [0.3, 0.4) is 0 Å². The number of nitrogens with zero attached hydrogens (tertiary/aromatic N) is 1. The summed E-state index contributed by atoms with van der Waals surface area (Å²) in [5, 5.41) is 3.81. The molecule has 0 bridgehead atoms. The van der Waals surface area contributed by atoms with Gasteiger partial charge in [0, 0.05) is 17.3 Å². The van der Waals surface area contributed by atoms with Crippen molar-refractivity contribution < 1.29 is 17.9 Å². The van der Waals surface area contributed by atoms with Crippen molar-refractivity contribution in [3.8, 4) is 5.75 Å². The van der Waals surface area contributed by atoms with Gasteiger partial charge in [0.05, 0.1) is 22.7 Å². The van der Waals surface area contributed by atoms with Crippen molar-refractivity contribution in [3.63, 3.8) is 0 Å². The van der Waals surface area contributed by atoms with Gasteiger partial charge in [-0.25, -0.2) is 8.42 Å². The summed E-state index contributed by atoms with van der Waals surface area (Å²) in [5.74, 6) is 1.61. The van der Waals surface area contributed by atoms with Gasteiger partial charge in [0.15, 0.2) is 0 Å². The maximum absolute atomic E-state index is 13.5. The van der Waals surface area contributed by atoms with E-state index in [1.807, 2.05) is 31.2 Å². The SMILES string of the molecule is COc1ccc(N(CC(=O)NCCCSCc2ccccc2Cl)S(=O)(=O)c2ccc(C)cc2)cc1Cl. The molecule has 3 aromatic rings. The summed E-state index contributed by atoms with van der Waals surface area (Å²) in [6.45, 7) is 1.92. The van der Waals surface area contributed by atoms with Crippen LogP contribution < -0.4 is 14.4 Å². The maximum atomic E-state index is 13.5. The van der Waals surface area contributed by atoms with Crippen LogP contribution in [0, 0.1) is 6.92 Å². The molecule has 6 nitrogen and oxygen atoms in total. The zero-order valence-electron chi connectivity index (χ0n) is 20.0. The van der Waals surface area contributed by atoms with Crippen molar-refractivity contribution in [2.75, 3.05) is 30.3 Å². The van der Waals surface area contributed by atoms with E-state index in [0.717, 1.165) is 38.4 Å². The van der Waals surface area contributed by atoms with Crippen molar-refractivity contribution in [1.82, 2.24) is 5.32 Å². The number of nitrogens with one attached hydrogen (secondary N) is 1. The van der Waals surface area contributed by atoms with E-state index in [1.165, 1.54) is 25.3 Å². The Morgan fingerprint density at radius 3 is 2.42 bits per heavy atom. The van der Waals surface area contributed by atoms with E-state index in [0.29, 0.717) is 12.3 Å². The quantitative estimate of drug-likeness (QED) is 0.274. The van der Waals surface area contributed by atoms with Crippen molar-refractivity contribution in [3.05, 3.63) is 87.9 Å². The summed E-state index contributed by atoms with van der Waals surface area (Å²) in [5.41, 5.74) is 2.27. The number of sulfonamides is 1. The number of rotatable bonds is 12. The van der Waals surface area contributed by atoms with Crippen LogP contribution >= 0.6 is 35.0 Å². The van der Waals surface area contributed by atoms with Gasteiger partial charge in [-0.3, -0.25) is 9.10 Å². The number of thioether (sulfide) groups is 1. The topological polar surface area (TPSA) is 75.7 Å². The number of hydrogen-bond acceptors (Lipinski definition) is 5. The Balaban J connectivity index is 1.64. The molecular formula is C26H28Cl2N2O4S2. The zero-order chi connectivity index (χ0) is 26.1. The number of carbonyl (C=O) groups excluding carboxylic acids is 1. The van der Waals surface area contributed by atoms with Gasteiger partial charge in [0.2, 0.25) is 5.91 Å². The highest BCUT2D eigenvalue weighted by Gasteiger charge is 2.27. The predicted molar refractivity (Wildman–Crippen MR) is 149 cm³/mol. The molecule has 3 aromatic carbocycles. The van der Waals surface area contributed by atoms with Crippen molar-refractivity contribution >= 4 is 56.6 Å². The van der Waals surface area contributed by atoms with Gasteiger partial charge in [0.25, 0.3) is 10.0 Å². The molecule has 1 amide bonds. The van der Waals surface area contributed by atoms with Crippen LogP contribution in [0.2, 0.25) is 10.0 Å². The summed E-state index contributed by atoms with van der Waals surface area (Å²) in [6, 6.07) is 18.8. The molecule has 0 aliphatic carbocycles. The second-order valence-electron chi connectivity index (χ2n) is 7.99. The highest BCUT2D eigenvalue weighted by molar-refractivity contribution is 7.98. The molecule has 0 heterocycles. The fourth-order valence-corrected chi connectivity index (χ4v) is 6.26. The average molecular weight is 568 g/mol. The number of amides is 1. The van der Waals surface area contributed by atoms with E-state index >= 15 is 0 Å². The van der Waals surface area contributed by atoms with Crippen molar-refractivity contribution in [1.29, 1.82) is 0 Å². The number of anilines is 1. The average Bonchev–Trinajstić information content (AvgIpc) is 2.85. The molecule has 1 N–H and O–H groups in total. The van der Waals surface area contributed by atoms with E-state index < -0.39 is 15.9 Å². The molecule has 192 valence electrons. The Kier molecular flexibility index (Phi) is 10.4. The number of aryl methyl sites for hydroxylation is 1. The molecule has 0 spiro atoms. The third kappa shape index (κ3) is 7.56. The number of hydrogen-bond donors (Lipinski definition) is 1. The molecule has 0 saturated carbocycles. The first-order valence-electron chi connectivity index (χ1n) is 11.2. The number of benzene rings is 3. The first-order valence-corrected chi connectivity index (χ1v) is 14.6. The van der Waals surface area contributed by atoms with Gasteiger partial charge in [0.1, 0.15) is 12.3 Å². The Morgan fingerprint density at radius 2 is 1.75 bits per heavy atom. The molecule has 0 saturated heterocycles. The van der Waals surface area contributed by atoms with Crippen molar-refractivity contribution in [2.45, 2.75) is 24.0 Å². The highest BCUT2D eigenvalue weighted by Crippen LogP contribution is 2.32. The number of halogens is 2. The van der Waals surface area contributed by atoms with E-state index in [2.05, 4.69) is 5.32 Å². The maximum Gasteiger partial charge on any atom is 0.264 e. The highest BCUT2D eigenvalue weighted by atomic mass is 35.5. The van der Waals surface area contributed by atoms with Gasteiger partial charge in [-0.05, 0) is 61.1 Å². The molecule has 36 heavy (non-hydrogen) atoms. The Labute approximate surface area is 227 Å². The molecule has 10 heteroatoms. The molecule has 3 rings (SSSR count). The fourth-order valence-electron chi connectivity index (χ4n) is 3.35. The second-order valence-corrected chi connectivity index (χ2v) is 11.8. The molecule has 0 aliphatic heterocycles. The van der Waals surface area contributed by atoms with Crippen molar-refractivity contribution in [2.24, 2.45) is 0 Å². The van der Waals surface area contributed by atoms with Gasteiger partial charge >= 0.3 is 0 Å². The third-order valence-electron chi connectivity index (χ3n) is 5.32. The van der Waals surface area contributed by atoms with Gasteiger partial charge < -0.3 is 10.1 Å². The van der Waals surface area contributed by atoms with Crippen LogP contribution in [0.15, 0.2) is 71.6 Å². The van der Waals surface area contributed by atoms with Gasteiger partial charge in [-0.2, -0.15) is 11.8 Å².